The Morgan fingerprint density at radius 3 is 2.52 bits per heavy atom. The molecule has 1 aromatic carbocycles. The molecule has 0 bridgehead atoms. The van der Waals surface area contributed by atoms with Crippen LogP contribution in [0, 0.1) is 13.8 Å². The average Bonchev–Trinajstić information content (AvgIpc) is 2.71. The van der Waals surface area contributed by atoms with Crippen LogP contribution < -0.4 is 11.1 Å². The lowest BCUT2D eigenvalue weighted by molar-refractivity contribution is -0.113. The van der Waals surface area contributed by atoms with Gasteiger partial charge in [0.15, 0.2) is 0 Å². The molecular formula is C13H13Cl2N3O2S. The van der Waals surface area contributed by atoms with Crippen molar-refractivity contribution in [1.82, 2.24) is 4.98 Å². The Balaban J connectivity index is 1.99. The number of hydrogen-bond donors (Lipinski definition) is 2. The molecule has 0 aliphatic carbocycles. The van der Waals surface area contributed by atoms with Crippen molar-refractivity contribution in [2.45, 2.75) is 19.1 Å². The van der Waals surface area contributed by atoms with Crippen molar-refractivity contribution in [2.24, 2.45) is 0 Å². The summed E-state index contributed by atoms with van der Waals surface area (Å²) in [4.78, 5) is 16.1. The fourth-order valence-corrected chi connectivity index (χ4v) is 2.83. The molecule has 3 N–H and O–H groups in total. The fourth-order valence-electron chi connectivity index (χ4n) is 1.52. The van der Waals surface area contributed by atoms with E-state index >= 15 is 0 Å². The Kier molecular flexibility index (Phi) is 5.03. The summed E-state index contributed by atoms with van der Waals surface area (Å²) in [6.45, 7) is 3.66. The van der Waals surface area contributed by atoms with E-state index in [4.69, 9.17) is 33.4 Å². The molecule has 2 rings (SSSR count). The van der Waals surface area contributed by atoms with E-state index in [1.165, 1.54) is 23.9 Å². The maximum Gasteiger partial charge on any atom is 0.256 e. The smallest absolute Gasteiger partial charge is 0.256 e. The number of benzene rings is 1. The van der Waals surface area contributed by atoms with Crippen LogP contribution in [0.15, 0.2) is 21.8 Å². The Labute approximate surface area is 136 Å². The Morgan fingerprint density at radius 1 is 1.38 bits per heavy atom. The highest BCUT2D eigenvalue weighted by Gasteiger charge is 2.13. The molecular weight excluding hydrogens is 333 g/mol. The number of nitrogens with one attached hydrogen (secondary N) is 1. The van der Waals surface area contributed by atoms with Gasteiger partial charge in [0, 0.05) is 5.69 Å². The molecule has 0 radical (unpaired) electrons. The maximum absolute atomic E-state index is 11.9. The summed E-state index contributed by atoms with van der Waals surface area (Å²) in [6, 6.07) is 3.05. The number of carbonyl (C=O) groups excluding carboxylic acids is 1. The van der Waals surface area contributed by atoms with E-state index in [9.17, 15) is 4.79 Å². The van der Waals surface area contributed by atoms with Crippen molar-refractivity contribution in [2.75, 3.05) is 16.8 Å². The number of rotatable bonds is 4. The summed E-state index contributed by atoms with van der Waals surface area (Å²) in [6.07, 6.45) is 0. The van der Waals surface area contributed by atoms with Gasteiger partial charge in [0.1, 0.15) is 5.76 Å². The van der Waals surface area contributed by atoms with Crippen LogP contribution in [0.25, 0.3) is 0 Å². The van der Waals surface area contributed by atoms with Crippen LogP contribution in [0.1, 0.15) is 11.5 Å². The molecule has 21 heavy (non-hydrogen) atoms. The molecule has 0 saturated heterocycles. The largest absolute Gasteiger partial charge is 0.437 e. The van der Waals surface area contributed by atoms with Gasteiger partial charge in [-0.1, -0.05) is 35.0 Å². The molecule has 8 heteroatoms. The molecule has 0 saturated carbocycles. The van der Waals surface area contributed by atoms with Gasteiger partial charge in [-0.2, -0.15) is 0 Å². The molecule has 0 spiro atoms. The zero-order chi connectivity index (χ0) is 15.6. The minimum atomic E-state index is -0.262. The number of nitrogens with zero attached hydrogens (tertiary/aromatic N) is 1. The summed E-state index contributed by atoms with van der Waals surface area (Å²) in [7, 11) is 0. The van der Waals surface area contributed by atoms with Crippen molar-refractivity contribution in [3.8, 4) is 0 Å². The van der Waals surface area contributed by atoms with E-state index in [0.717, 1.165) is 11.5 Å². The van der Waals surface area contributed by atoms with Gasteiger partial charge < -0.3 is 15.5 Å². The normalized spacial score (nSPS) is 10.7. The van der Waals surface area contributed by atoms with Crippen molar-refractivity contribution in [3.05, 3.63) is 33.6 Å². The number of anilines is 2. The number of oxazole rings is 1. The number of nitrogens with two attached hydrogens (primary N) is 1. The second-order valence-electron chi connectivity index (χ2n) is 4.32. The summed E-state index contributed by atoms with van der Waals surface area (Å²) < 4.78 is 5.38. The summed E-state index contributed by atoms with van der Waals surface area (Å²) in [5.74, 6) is 0.612. The highest BCUT2D eigenvalue weighted by molar-refractivity contribution is 7.99. The predicted molar refractivity (Wildman–Crippen MR) is 86.2 cm³/mol. The average molecular weight is 346 g/mol. The molecule has 0 aliphatic heterocycles. The summed E-state index contributed by atoms with van der Waals surface area (Å²) in [5, 5.41) is 3.69. The van der Waals surface area contributed by atoms with Gasteiger partial charge in [0.05, 0.1) is 27.2 Å². The van der Waals surface area contributed by atoms with E-state index in [1.807, 2.05) is 13.8 Å². The first-order chi connectivity index (χ1) is 9.86. The van der Waals surface area contributed by atoms with Crippen LogP contribution in [-0.4, -0.2) is 16.6 Å². The third-order valence-electron chi connectivity index (χ3n) is 2.66. The fraction of sp³-hybridized carbons (Fsp3) is 0.231. The maximum atomic E-state index is 11.9. The third-order valence-corrected chi connectivity index (χ3v) is 4.09. The third kappa shape index (κ3) is 4.06. The van der Waals surface area contributed by atoms with Crippen molar-refractivity contribution >= 4 is 52.2 Å². The van der Waals surface area contributed by atoms with Gasteiger partial charge >= 0.3 is 0 Å². The molecule has 0 aliphatic rings. The Hall–Kier alpha value is -1.37. The minimum absolute atomic E-state index is 0.135. The highest BCUT2D eigenvalue weighted by Crippen LogP contribution is 2.33. The van der Waals surface area contributed by atoms with Crippen LogP contribution in [-0.2, 0) is 4.79 Å². The molecule has 0 unspecified atom stereocenters. The SMILES string of the molecule is Cc1nc(SCC(=O)Nc2c(Cl)cc(N)cc2Cl)oc1C. The molecule has 1 heterocycles. The summed E-state index contributed by atoms with van der Waals surface area (Å²) in [5.41, 5.74) is 7.19. The summed E-state index contributed by atoms with van der Waals surface area (Å²) >= 11 is 13.2. The topological polar surface area (TPSA) is 81.2 Å². The molecule has 2 aromatic rings. The van der Waals surface area contributed by atoms with Crippen LogP contribution in [0.5, 0.6) is 0 Å². The minimum Gasteiger partial charge on any atom is -0.437 e. The van der Waals surface area contributed by atoms with Crippen LogP contribution in [0.3, 0.4) is 0 Å². The molecule has 1 amide bonds. The number of hydrogen-bond acceptors (Lipinski definition) is 5. The zero-order valence-electron chi connectivity index (χ0n) is 11.4. The predicted octanol–water partition coefficient (Wildman–Crippen LogP) is 3.91. The first kappa shape index (κ1) is 16.0. The molecule has 0 atom stereocenters. The van der Waals surface area contributed by atoms with E-state index in [-0.39, 0.29) is 11.7 Å². The van der Waals surface area contributed by atoms with Crippen molar-refractivity contribution in [1.29, 1.82) is 0 Å². The lowest BCUT2D eigenvalue weighted by Crippen LogP contribution is -2.14. The molecule has 1 aromatic heterocycles. The van der Waals surface area contributed by atoms with E-state index in [1.54, 1.807) is 0 Å². The van der Waals surface area contributed by atoms with Gasteiger partial charge in [-0.15, -0.1) is 0 Å². The molecule has 5 nitrogen and oxygen atoms in total. The highest BCUT2D eigenvalue weighted by atomic mass is 35.5. The first-order valence-corrected chi connectivity index (χ1v) is 7.72. The van der Waals surface area contributed by atoms with Crippen molar-refractivity contribution < 1.29 is 9.21 Å². The monoisotopic (exact) mass is 345 g/mol. The van der Waals surface area contributed by atoms with E-state index in [0.29, 0.717) is 26.6 Å². The van der Waals surface area contributed by atoms with Crippen LogP contribution >= 0.6 is 35.0 Å². The lowest BCUT2D eigenvalue weighted by Gasteiger charge is -2.09. The van der Waals surface area contributed by atoms with Crippen LogP contribution in [0.4, 0.5) is 11.4 Å². The van der Waals surface area contributed by atoms with Gasteiger partial charge in [0.2, 0.25) is 5.91 Å². The van der Waals surface area contributed by atoms with Gasteiger partial charge in [-0.3, -0.25) is 4.79 Å². The standard InChI is InChI=1S/C13H13Cl2N3O2S/c1-6-7(2)20-13(17-6)21-5-11(19)18-12-9(14)3-8(16)4-10(12)15/h3-4H,5,16H2,1-2H3,(H,18,19). The number of nitrogen functional groups attached to an aromatic ring is 1. The van der Waals surface area contributed by atoms with Gasteiger partial charge in [0.25, 0.3) is 5.22 Å². The first-order valence-electron chi connectivity index (χ1n) is 5.98. The number of thioether (sulfide) groups is 1. The van der Waals surface area contributed by atoms with Gasteiger partial charge in [-0.25, -0.2) is 4.98 Å². The van der Waals surface area contributed by atoms with E-state index in [2.05, 4.69) is 10.3 Å². The zero-order valence-corrected chi connectivity index (χ0v) is 13.7. The quantitative estimate of drug-likeness (QED) is 0.648. The number of aromatic nitrogens is 1. The van der Waals surface area contributed by atoms with Crippen LogP contribution in [0.2, 0.25) is 10.0 Å². The molecule has 0 fully saturated rings. The number of amides is 1. The van der Waals surface area contributed by atoms with Gasteiger partial charge in [-0.05, 0) is 26.0 Å². The Bertz CT molecular complexity index is 646. The second kappa shape index (κ2) is 6.60. The van der Waals surface area contributed by atoms with E-state index < -0.39 is 0 Å². The lowest BCUT2D eigenvalue weighted by atomic mass is 10.3. The number of halogens is 2. The molecule has 112 valence electrons. The number of carbonyl (C=O) groups is 1. The van der Waals surface area contributed by atoms with Crippen molar-refractivity contribution in [3.63, 3.8) is 0 Å². The number of aryl methyl sites for hydroxylation is 2. The Morgan fingerprint density at radius 2 is 2.00 bits per heavy atom. The second-order valence-corrected chi connectivity index (χ2v) is 6.06.